The van der Waals surface area contributed by atoms with Gasteiger partial charge in [-0.25, -0.2) is 0 Å². The van der Waals surface area contributed by atoms with E-state index in [1.54, 1.807) is 11.8 Å². The Morgan fingerprint density at radius 3 is 2.44 bits per heavy atom. The van der Waals surface area contributed by atoms with E-state index in [9.17, 15) is 9.59 Å². The molecule has 0 bridgehead atoms. The summed E-state index contributed by atoms with van der Waals surface area (Å²) in [6.07, 6.45) is 3.17. The summed E-state index contributed by atoms with van der Waals surface area (Å²) in [4.78, 5) is 24.6. The van der Waals surface area contributed by atoms with Crippen molar-refractivity contribution in [2.24, 2.45) is 5.92 Å². The molecule has 1 amide bonds. The number of carbonyl (C=O) groups is 2. The first-order chi connectivity index (χ1) is 8.43. The van der Waals surface area contributed by atoms with Crippen molar-refractivity contribution in [2.45, 2.75) is 52.1 Å². The highest BCUT2D eigenvalue weighted by Gasteiger charge is 2.30. The van der Waals surface area contributed by atoms with E-state index in [2.05, 4.69) is 5.32 Å². The number of carboxylic acid groups (broad SMARTS) is 1. The first-order valence-electron chi connectivity index (χ1n) is 6.70. The van der Waals surface area contributed by atoms with Crippen LogP contribution in [0.3, 0.4) is 0 Å². The summed E-state index contributed by atoms with van der Waals surface area (Å²) in [6.45, 7) is 6.39. The summed E-state index contributed by atoms with van der Waals surface area (Å²) >= 11 is 0. The Kier molecular flexibility index (Phi) is 5.59. The minimum absolute atomic E-state index is 0.0639. The molecule has 1 rings (SSSR count). The van der Waals surface area contributed by atoms with Gasteiger partial charge in [-0.1, -0.05) is 6.92 Å². The maximum absolute atomic E-state index is 12.0. The lowest BCUT2D eigenvalue weighted by atomic mass is 10.2. The van der Waals surface area contributed by atoms with Gasteiger partial charge in [0.2, 0.25) is 5.91 Å². The molecule has 5 heteroatoms. The monoisotopic (exact) mass is 256 g/mol. The highest BCUT2D eigenvalue weighted by Crippen LogP contribution is 2.30. The van der Waals surface area contributed by atoms with E-state index in [4.69, 9.17) is 5.11 Å². The average Bonchev–Trinajstić information content (AvgIpc) is 3.10. The molecular weight excluding hydrogens is 232 g/mol. The van der Waals surface area contributed by atoms with Crippen molar-refractivity contribution >= 4 is 11.9 Å². The van der Waals surface area contributed by atoms with Crippen LogP contribution in [0, 0.1) is 5.92 Å². The Morgan fingerprint density at radius 2 is 2.00 bits per heavy atom. The summed E-state index contributed by atoms with van der Waals surface area (Å²) in [5.41, 5.74) is 0. The Balaban J connectivity index is 2.52. The van der Waals surface area contributed by atoms with Crippen LogP contribution in [0.2, 0.25) is 0 Å². The summed E-state index contributed by atoms with van der Waals surface area (Å²) in [5, 5.41) is 11.8. The molecule has 0 aliphatic heterocycles. The van der Waals surface area contributed by atoms with E-state index in [-0.39, 0.29) is 24.5 Å². The average molecular weight is 256 g/mol. The van der Waals surface area contributed by atoms with Crippen molar-refractivity contribution in [3.63, 3.8) is 0 Å². The largest absolute Gasteiger partial charge is 0.480 e. The van der Waals surface area contributed by atoms with Crippen LogP contribution in [0.15, 0.2) is 0 Å². The highest BCUT2D eigenvalue weighted by molar-refractivity contribution is 5.82. The standard InChI is InChI=1S/C13H24N2O3/c1-4-9(2)14-13(18)10(3)15(8-12(16)17)7-11-5-6-11/h9-11H,4-8H2,1-3H3,(H,14,18)(H,16,17). The lowest BCUT2D eigenvalue weighted by Gasteiger charge is -2.27. The molecule has 0 aromatic heterocycles. The molecule has 2 N–H and O–H groups in total. The number of amides is 1. The molecule has 0 radical (unpaired) electrons. The molecule has 5 nitrogen and oxygen atoms in total. The molecule has 18 heavy (non-hydrogen) atoms. The minimum Gasteiger partial charge on any atom is -0.480 e. The van der Waals surface area contributed by atoms with Gasteiger partial charge in [-0.3, -0.25) is 14.5 Å². The van der Waals surface area contributed by atoms with Gasteiger partial charge in [-0.2, -0.15) is 0 Å². The van der Waals surface area contributed by atoms with Gasteiger partial charge in [0.25, 0.3) is 0 Å². The number of carboxylic acids is 1. The third kappa shape index (κ3) is 5.04. The van der Waals surface area contributed by atoms with Crippen molar-refractivity contribution in [1.82, 2.24) is 10.2 Å². The quantitative estimate of drug-likeness (QED) is 0.682. The predicted molar refractivity (Wildman–Crippen MR) is 69.3 cm³/mol. The minimum atomic E-state index is -0.876. The van der Waals surface area contributed by atoms with Gasteiger partial charge in [0, 0.05) is 12.6 Å². The molecule has 1 saturated carbocycles. The summed E-state index contributed by atoms with van der Waals surface area (Å²) in [6, 6.07) is -0.247. The summed E-state index contributed by atoms with van der Waals surface area (Å²) in [7, 11) is 0. The zero-order valence-electron chi connectivity index (χ0n) is 11.5. The molecular formula is C13H24N2O3. The number of carbonyl (C=O) groups excluding carboxylic acids is 1. The molecule has 1 aliphatic rings. The van der Waals surface area contributed by atoms with Gasteiger partial charge in [0.1, 0.15) is 0 Å². The summed E-state index contributed by atoms with van der Waals surface area (Å²) < 4.78 is 0. The van der Waals surface area contributed by atoms with Crippen LogP contribution in [0.4, 0.5) is 0 Å². The number of hydrogen-bond donors (Lipinski definition) is 2. The number of rotatable bonds is 8. The van der Waals surface area contributed by atoms with Crippen molar-refractivity contribution in [3.05, 3.63) is 0 Å². The number of aliphatic carboxylic acids is 1. The van der Waals surface area contributed by atoms with Gasteiger partial charge in [-0.15, -0.1) is 0 Å². The van der Waals surface area contributed by atoms with Gasteiger partial charge >= 0.3 is 5.97 Å². The third-order valence-electron chi connectivity index (χ3n) is 3.46. The second-order valence-electron chi connectivity index (χ2n) is 5.26. The molecule has 1 aliphatic carbocycles. The van der Waals surface area contributed by atoms with Gasteiger partial charge in [-0.05, 0) is 39.0 Å². The molecule has 104 valence electrons. The van der Waals surface area contributed by atoms with Crippen LogP contribution in [0.25, 0.3) is 0 Å². The SMILES string of the molecule is CCC(C)NC(=O)C(C)N(CC(=O)O)CC1CC1. The van der Waals surface area contributed by atoms with Crippen molar-refractivity contribution in [1.29, 1.82) is 0 Å². The van der Waals surface area contributed by atoms with Crippen molar-refractivity contribution in [2.75, 3.05) is 13.1 Å². The molecule has 2 unspecified atom stereocenters. The summed E-state index contributed by atoms with van der Waals surface area (Å²) in [5.74, 6) is -0.381. The molecule has 1 fully saturated rings. The maximum atomic E-state index is 12.0. The van der Waals surface area contributed by atoms with Crippen molar-refractivity contribution in [3.8, 4) is 0 Å². The molecule has 0 aromatic rings. The van der Waals surface area contributed by atoms with Crippen LogP contribution >= 0.6 is 0 Å². The lowest BCUT2D eigenvalue weighted by molar-refractivity contribution is -0.140. The molecule has 0 aromatic carbocycles. The van der Waals surface area contributed by atoms with Gasteiger partial charge < -0.3 is 10.4 Å². The predicted octanol–water partition coefficient (Wildman–Crippen LogP) is 1.09. The fourth-order valence-corrected chi connectivity index (χ4v) is 1.80. The third-order valence-corrected chi connectivity index (χ3v) is 3.46. The van der Waals surface area contributed by atoms with E-state index >= 15 is 0 Å². The fourth-order valence-electron chi connectivity index (χ4n) is 1.80. The smallest absolute Gasteiger partial charge is 0.317 e. The first kappa shape index (κ1) is 15.0. The van der Waals surface area contributed by atoms with Crippen LogP contribution < -0.4 is 5.32 Å². The number of nitrogens with zero attached hydrogens (tertiary/aromatic N) is 1. The van der Waals surface area contributed by atoms with Crippen LogP contribution in [-0.4, -0.2) is 47.1 Å². The zero-order valence-corrected chi connectivity index (χ0v) is 11.5. The molecule has 0 spiro atoms. The van der Waals surface area contributed by atoms with Crippen LogP contribution in [0.1, 0.15) is 40.0 Å². The molecule has 0 saturated heterocycles. The Morgan fingerprint density at radius 1 is 1.39 bits per heavy atom. The topological polar surface area (TPSA) is 69.6 Å². The van der Waals surface area contributed by atoms with Crippen LogP contribution in [-0.2, 0) is 9.59 Å². The Labute approximate surface area is 109 Å². The number of hydrogen-bond acceptors (Lipinski definition) is 3. The molecule has 0 heterocycles. The van der Waals surface area contributed by atoms with Gasteiger partial charge in [0.05, 0.1) is 12.6 Å². The van der Waals surface area contributed by atoms with E-state index in [0.29, 0.717) is 12.5 Å². The maximum Gasteiger partial charge on any atom is 0.317 e. The van der Waals surface area contributed by atoms with Crippen LogP contribution in [0.5, 0.6) is 0 Å². The van der Waals surface area contributed by atoms with E-state index in [1.165, 1.54) is 0 Å². The number of nitrogens with one attached hydrogen (secondary N) is 1. The normalized spacial score (nSPS) is 18.4. The Hall–Kier alpha value is -1.10. The molecule has 2 atom stereocenters. The first-order valence-corrected chi connectivity index (χ1v) is 6.70. The highest BCUT2D eigenvalue weighted by atomic mass is 16.4. The Bertz CT molecular complexity index is 303. The van der Waals surface area contributed by atoms with E-state index < -0.39 is 5.97 Å². The zero-order chi connectivity index (χ0) is 13.7. The fraction of sp³-hybridized carbons (Fsp3) is 0.846. The van der Waals surface area contributed by atoms with E-state index in [1.807, 2.05) is 13.8 Å². The van der Waals surface area contributed by atoms with Gasteiger partial charge in [0.15, 0.2) is 0 Å². The lowest BCUT2D eigenvalue weighted by Crippen LogP contribution is -2.49. The second-order valence-corrected chi connectivity index (χ2v) is 5.26. The van der Waals surface area contributed by atoms with E-state index in [0.717, 1.165) is 19.3 Å². The second kappa shape index (κ2) is 6.73. The van der Waals surface area contributed by atoms with Crippen molar-refractivity contribution < 1.29 is 14.7 Å².